The van der Waals surface area contributed by atoms with Crippen molar-refractivity contribution in [2.75, 3.05) is 13.2 Å². The summed E-state index contributed by atoms with van der Waals surface area (Å²) >= 11 is 0. The molecule has 19 heavy (non-hydrogen) atoms. The van der Waals surface area contributed by atoms with E-state index >= 15 is 0 Å². The van der Waals surface area contributed by atoms with Gasteiger partial charge in [0.1, 0.15) is 0 Å². The van der Waals surface area contributed by atoms with Crippen molar-refractivity contribution < 1.29 is 4.74 Å². The molecule has 0 bridgehead atoms. The third-order valence-corrected chi connectivity index (χ3v) is 4.56. The van der Waals surface area contributed by atoms with E-state index in [4.69, 9.17) is 4.74 Å². The van der Waals surface area contributed by atoms with Gasteiger partial charge in [-0.05, 0) is 50.5 Å². The van der Waals surface area contributed by atoms with Crippen molar-refractivity contribution in [2.45, 2.75) is 57.1 Å². The van der Waals surface area contributed by atoms with E-state index in [-0.39, 0.29) is 0 Å². The largest absolute Gasteiger partial charge is 0.377 e. The minimum atomic E-state index is 0.465. The zero-order chi connectivity index (χ0) is 13.1. The molecule has 1 heterocycles. The smallest absolute Gasteiger partial charge is 0.0699 e. The first-order valence-corrected chi connectivity index (χ1v) is 7.73. The highest BCUT2D eigenvalue weighted by Gasteiger charge is 2.30. The molecule has 2 nitrogen and oxygen atoms in total. The van der Waals surface area contributed by atoms with Crippen molar-refractivity contribution in [3.8, 4) is 0 Å². The van der Waals surface area contributed by atoms with Gasteiger partial charge in [-0.25, -0.2) is 0 Å². The van der Waals surface area contributed by atoms with Crippen molar-refractivity contribution >= 4 is 0 Å². The predicted octanol–water partition coefficient (Wildman–Crippen LogP) is 3.40. The van der Waals surface area contributed by atoms with Crippen LogP contribution in [0.3, 0.4) is 0 Å². The van der Waals surface area contributed by atoms with Crippen LogP contribution in [-0.2, 0) is 4.74 Å². The van der Waals surface area contributed by atoms with Gasteiger partial charge in [-0.2, -0.15) is 0 Å². The molecule has 0 amide bonds. The Labute approximate surface area is 116 Å². The Morgan fingerprint density at radius 3 is 2.89 bits per heavy atom. The van der Waals surface area contributed by atoms with Crippen LogP contribution in [0, 0.1) is 6.92 Å². The van der Waals surface area contributed by atoms with Crippen LogP contribution in [0.5, 0.6) is 0 Å². The molecule has 1 saturated carbocycles. The maximum atomic E-state index is 5.76. The topological polar surface area (TPSA) is 21.3 Å². The van der Waals surface area contributed by atoms with E-state index < -0.39 is 0 Å². The van der Waals surface area contributed by atoms with Gasteiger partial charge in [-0.15, -0.1) is 0 Å². The van der Waals surface area contributed by atoms with Gasteiger partial charge in [-0.1, -0.05) is 29.8 Å². The number of benzene rings is 1. The van der Waals surface area contributed by atoms with Crippen LogP contribution < -0.4 is 5.32 Å². The van der Waals surface area contributed by atoms with Crippen molar-refractivity contribution in [3.05, 3.63) is 35.4 Å². The van der Waals surface area contributed by atoms with E-state index in [0.29, 0.717) is 12.1 Å². The molecule has 1 unspecified atom stereocenters. The lowest BCUT2D eigenvalue weighted by atomic mass is 9.75. The summed E-state index contributed by atoms with van der Waals surface area (Å²) in [5.74, 6) is 0.768. The number of hydrogen-bond donors (Lipinski definition) is 1. The number of nitrogens with one attached hydrogen (secondary N) is 1. The summed E-state index contributed by atoms with van der Waals surface area (Å²) in [4.78, 5) is 0. The highest BCUT2D eigenvalue weighted by atomic mass is 16.5. The monoisotopic (exact) mass is 259 g/mol. The molecule has 1 aliphatic heterocycles. The fourth-order valence-electron chi connectivity index (χ4n) is 3.25. The molecule has 1 aliphatic carbocycles. The van der Waals surface area contributed by atoms with Crippen molar-refractivity contribution in [1.82, 2.24) is 5.32 Å². The number of rotatable bonds is 4. The first-order chi connectivity index (χ1) is 9.31. The molecular weight excluding hydrogens is 234 g/mol. The van der Waals surface area contributed by atoms with E-state index in [1.165, 1.54) is 43.2 Å². The normalized spacial score (nSPS) is 30.9. The highest BCUT2D eigenvalue weighted by molar-refractivity contribution is 5.27. The Kier molecular flexibility index (Phi) is 4.19. The predicted molar refractivity (Wildman–Crippen MR) is 78.5 cm³/mol. The summed E-state index contributed by atoms with van der Waals surface area (Å²) in [5, 5.41) is 3.68. The van der Waals surface area contributed by atoms with Crippen LogP contribution >= 0.6 is 0 Å². The van der Waals surface area contributed by atoms with Crippen molar-refractivity contribution in [3.63, 3.8) is 0 Å². The SMILES string of the molecule is Cc1cccc(C2CC(NCC3CCCCO3)C2)c1. The lowest BCUT2D eigenvalue weighted by Gasteiger charge is -2.37. The summed E-state index contributed by atoms with van der Waals surface area (Å²) in [7, 11) is 0. The summed E-state index contributed by atoms with van der Waals surface area (Å²) in [6, 6.07) is 9.68. The average Bonchev–Trinajstić information content (AvgIpc) is 2.38. The summed E-state index contributed by atoms with van der Waals surface area (Å²) in [5.41, 5.74) is 2.90. The first-order valence-electron chi connectivity index (χ1n) is 7.73. The molecule has 1 N–H and O–H groups in total. The van der Waals surface area contributed by atoms with Crippen LogP contribution in [0.15, 0.2) is 24.3 Å². The van der Waals surface area contributed by atoms with Gasteiger partial charge in [-0.3, -0.25) is 0 Å². The zero-order valence-electron chi connectivity index (χ0n) is 11.9. The van der Waals surface area contributed by atoms with Crippen LogP contribution in [-0.4, -0.2) is 25.3 Å². The molecule has 1 saturated heterocycles. The van der Waals surface area contributed by atoms with Gasteiger partial charge in [0.2, 0.25) is 0 Å². The molecule has 1 aromatic carbocycles. The fourth-order valence-corrected chi connectivity index (χ4v) is 3.25. The van der Waals surface area contributed by atoms with E-state index in [1.807, 2.05) is 0 Å². The van der Waals surface area contributed by atoms with E-state index in [2.05, 4.69) is 36.5 Å². The van der Waals surface area contributed by atoms with Gasteiger partial charge >= 0.3 is 0 Å². The molecule has 104 valence electrons. The summed E-state index contributed by atoms with van der Waals surface area (Å²) < 4.78 is 5.76. The minimum Gasteiger partial charge on any atom is -0.377 e. The van der Waals surface area contributed by atoms with E-state index in [9.17, 15) is 0 Å². The molecule has 1 aromatic rings. The van der Waals surface area contributed by atoms with Gasteiger partial charge in [0, 0.05) is 19.2 Å². The van der Waals surface area contributed by atoms with Gasteiger partial charge < -0.3 is 10.1 Å². The van der Waals surface area contributed by atoms with Gasteiger partial charge in [0.25, 0.3) is 0 Å². The molecular formula is C17H25NO. The van der Waals surface area contributed by atoms with Crippen molar-refractivity contribution in [1.29, 1.82) is 0 Å². The second-order valence-electron chi connectivity index (χ2n) is 6.18. The van der Waals surface area contributed by atoms with Crippen molar-refractivity contribution in [2.24, 2.45) is 0 Å². The maximum absolute atomic E-state index is 5.76. The molecule has 2 heteroatoms. The molecule has 2 aliphatic rings. The molecule has 0 aromatic heterocycles. The van der Waals surface area contributed by atoms with Gasteiger partial charge in [0.15, 0.2) is 0 Å². The van der Waals surface area contributed by atoms with E-state index in [0.717, 1.165) is 19.1 Å². The Morgan fingerprint density at radius 2 is 2.16 bits per heavy atom. The number of aryl methyl sites for hydroxylation is 1. The number of ether oxygens (including phenoxy) is 1. The third kappa shape index (κ3) is 3.37. The second-order valence-corrected chi connectivity index (χ2v) is 6.18. The standard InChI is InChI=1S/C17H25NO/c1-13-5-4-6-14(9-13)15-10-16(11-15)18-12-17-7-2-3-8-19-17/h4-6,9,15-18H,2-3,7-8,10-12H2,1H3. The maximum Gasteiger partial charge on any atom is 0.0699 e. The lowest BCUT2D eigenvalue weighted by molar-refractivity contribution is 0.0132. The molecule has 0 radical (unpaired) electrons. The first kappa shape index (κ1) is 13.1. The Balaban J connectivity index is 1.40. The van der Waals surface area contributed by atoms with Crippen LogP contribution in [0.1, 0.15) is 49.1 Å². The highest BCUT2D eigenvalue weighted by Crippen LogP contribution is 2.37. The fraction of sp³-hybridized carbons (Fsp3) is 0.647. The molecule has 0 spiro atoms. The summed E-state index contributed by atoms with van der Waals surface area (Å²) in [6.45, 7) is 4.19. The third-order valence-electron chi connectivity index (χ3n) is 4.56. The quantitative estimate of drug-likeness (QED) is 0.895. The summed E-state index contributed by atoms with van der Waals surface area (Å²) in [6.07, 6.45) is 6.86. The van der Waals surface area contributed by atoms with Crippen LogP contribution in [0.4, 0.5) is 0 Å². The van der Waals surface area contributed by atoms with E-state index in [1.54, 1.807) is 0 Å². The Bertz CT molecular complexity index is 405. The van der Waals surface area contributed by atoms with Gasteiger partial charge in [0.05, 0.1) is 6.10 Å². The van der Waals surface area contributed by atoms with Crippen LogP contribution in [0.25, 0.3) is 0 Å². The second kappa shape index (κ2) is 6.06. The Hall–Kier alpha value is -0.860. The minimum absolute atomic E-state index is 0.465. The molecule has 1 atom stereocenters. The lowest BCUT2D eigenvalue weighted by Crippen LogP contribution is -2.44. The number of hydrogen-bond acceptors (Lipinski definition) is 2. The molecule has 3 rings (SSSR count). The van der Waals surface area contributed by atoms with Crippen LogP contribution in [0.2, 0.25) is 0 Å². The average molecular weight is 259 g/mol. The molecule has 2 fully saturated rings. The Morgan fingerprint density at radius 1 is 1.26 bits per heavy atom. The zero-order valence-corrected chi connectivity index (χ0v) is 11.9.